The van der Waals surface area contributed by atoms with Gasteiger partial charge in [0.15, 0.2) is 0 Å². The largest absolute Gasteiger partial charge is 0.351 e. The fraction of sp³-hybridized carbons (Fsp3) is 0.765. The molecule has 0 bridgehead atoms. The molecule has 2 heterocycles. The molecule has 4 unspecified atom stereocenters. The van der Waals surface area contributed by atoms with Crippen molar-refractivity contribution in [3.63, 3.8) is 0 Å². The lowest BCUT2D eigenvalue weighted by atomic mass is 9.92. The topological polar surface area (TPSA) is 62.2 Å². The molecule has 4 atom stereocenters. The summed E-state index contributed by atoms with van der Waals surface area (Å²) in [5.74, 6) is 1.48. The van der Waals surface area contributed by atoms with E-state index in [1.54, 1.807) is 17.9 Å². The standard InChI is InChI=1S/C17H31N5O/c1-12-6-13(2)9-22(8-12)10-14(3)20-17(23)16(18-4)15-7-19-21(5)11-15/h7,11-14,16,18H,6,8-10H2,1-5H3,(H,20,23). The molecule has 23 heavy (non-hydrogen) atoms. The molecule has 1 aromatic rings. The normalized spacial score (nSPS) is 25.1. The van der Waals surface area contributed by atoms with Crippen LogP contribution in [0.2, 0.25) is 0 Å². The van der Waals surface area contributed by atoms with Crippen molar-refractivity contribution in [2.45, 2.75) is 39.3 Å². The number of aromatic nitrogens is 2. The number of amides is 1. The molecule has 1 saturated heterocycles. The molecule has 0 aliphatic carbocycles. The first-order valence-corrected chi connectivity index (χ1v) is 8.57. The number of carbonyl (C=O) groups excluding carboxylic acids is 1. The molecule has 0 saturated carbocycles. The maximum atomic E-state index is 12.5. The van der Waals surface area contributed by atoms with Crippen LogP contribution in [0.1, 0.15) is 38.8 Å². The summed E-state index contributed by atoms with van der Waals surface area (Å²) in [7, 11) is 3.66. The highest BCUT2D eigenvalue weighted by Gasteiger charge is 2.25. The highest BCUT2D eigenvalue weighted by Crippen LogP contribution is 2.21. The number of hydrogen-bond donors (Lipinski definition) is 2. The highest BCUT2D eigenvalue weighted by atomic mass is 16.2. The van der Waals surface area contributed by atoms with Crippen molar-refractivity contribution in [3.05, 3.63) is 18.0 Å². The predicted molar refractivity (Wildman–Crippen MR) is 92.0 cm³/mol. The van der Waals surface area contributed by atoms with Gasteiger partial charge in [-0.2, -0.15) is 5.10 Å². The summed E-state index contributed by atoms with van der Waals surface area (Å²) in [6.45, 7) is 9.86. The number of hydrogen-bond acceptors (Lipinski definition) is 4. The second-order valence-electron chi connectivity index (χ2n) is 7.24. The van der Waals surface area contributed by atoms with Crippen LogP contribution in [0.25, 0.3) is 0 Å². The van der Waals surface area contributed by atoms with Crippen molar-refractivity contribution in [3.8, 4) is 0 Å². The van der Waals surface area contributed by atoms with Crippen LogP contribution in [0.5, 0.6) is 0 Å². The molecular weight excluding hydrogens is 290 g/mol. The van der Waals surface area contributed by atoms with Gasteiger partial charge in [0, 0.05) is 44.5 Å². The number of piperidine rings is 1. The van der Waals surface area contributed by atoms with Crippen LogP contribution in [0.4, 0.5) is 0 Å². The van der Waals surface area contributed by atoms with Crippen molar-refractivity contribution in [2.24, 2.45) is 18.9 Å². The Morgan fingerprint density at radius 1 is 1.39 bits per heavy atom. The molecule has 1 fully saturated rings. The van der Waals surface area contributed by atoms with Gasteiger partial charge in [0.2, 0.25) is 5.91 Å². The van der Waals surface area contributed by atoms with Crippen LogP contribution in [-0.2, 0) is 11.8 Å². The summed E-state index contributed by atoms with van der Waals surface area (Å²) in [5, 5.41) is 10.4. The van der Waals surface area contributed by atoms with Gasteiger partial charge in [-0.3, -0.25) is 9.48 Å². The molecule has 6 heteroatoms. The van der Waals surface area contributed by atoms with E-state index in [4.69, 9.17) is 0 Å². The molecular formula is C17H31N5O. The zero-order chi connectivity index (χ0) is 17.0. The highest BCUT2D eigenvalue weighted by molar-refractivity contribution is 5.83. The van der Waals surface area contributed by atoms with Gasteiger partial charge in [0.05, 0.1) is 6.20 Å². The molecule has 1 aliphatic rings. The Kier molecular flexibility index (Phi) is 6.18. The van der Waals surface area contributed by atoms with E-state index in [-0.39, 0.29) is 18.0 Å². The van der Waals surface area contributed by atoms with Gasteiger partial charge in [0.1, 0.15) is 6.04 Å². The monoisotopic (exact) mass is 321 g/mol. The number of rotatable bonds is 6. The van der Waals surface area contributed by atoms with Gasteiger partial charge in [0.25, 0.3) is 0 Å². The summed E-state index contributed by atoms with van der Waals surface area (Å²) >= 11 is 0. The number of carbonyl (C=O) groups is 1. The van der Waals surface area contributed by atoms with Crippen LogP contribution in [0.15, 0.2) is 12.4 Å². The van der Waals surface area contributed by atoms with E-state index in [1.165, 1.54) is 6.42 Å². The van der Waals surface area contributed by atoms with Crippen LogP contribution >= 0.6 is 0 Å². The van der Waals surface area contributed by atoms with Crippen molar-refractivity contribution < 1.29 is 4.79 Å². The maximum Gasteiger partial charge on any atom is 0.242 e. The number of likely N-dealkylation sites (tertiary alicyclic amines) is 1. The van der Waals surface area contributed by atoms with Gasteiger partial charge in [-0.05, 0) is 32.2 Å². The number of aryl methyl sites for hydroxylation is 1. The summed E-state index contributed by atoms with van der Waals surface area (Å²) in [5.41, 5.74) is 0.889. The second-order valence-corrected chi connectivity index (χ2v) is 7.24. The Morgan fingerprint density at radius 2 is 2.04 bits per heavy atom. The fourth-order valence-electron chi connectivity index (χ4n) is 3.74. The van der Waals surface area contributed by atoms with Gasteiger partial charge < -0.3 is 15.5 Å². The van der Waals surface area contributed by atoms with Crippen LogP contribution in [0.3, 0.4) is 0 Å². The Balaban J connectivity index is 1.88. The van der Waals surface area contributed by atoms with Crippen molar-refractivity contribution in [1.82, 2.24) is 25.3 Å². The fourth-order valence-corrected chi connectivity index (χ4v) is 3.74. The van der Waals surface area contributed by atoms with E-state index < -0.39 is 0 Å². The van der Waals surface area contributed by atoms with Crippen molar-refractivity contribution in [2.75, 3.05) is 26.7 Å². The summed E-state index contributed by atoms with van der Waals surface area (Å²) in [4.78, 5) is 15.0. The molecule has 1 amide bonds. The minimum absolute atomic E-state index is 0.00565. The smallest absolute Gasteiger partial charge is 0.242 e. The molecule has 1 aliphatic heterocycles. The van der Waals surface area contributed by atoms with E-state index in [9.17, 15) is 4.79 Å². The lowest BCUT2D eigenvalue weighted by Crippen LogP contribution is -2.48. The third kappa shape index (κ3) is 5.04. The molecule has 130 valence electrons. The molecule has 0 spiro atoms. The van der Waals surface area contributed by atoms with E-state index in [1.807, 2.05) is 13.2 Å². The predicted octanol–water partition coefficient (Wildman–Crippen LogP) is 1.16. The Hall–Kier alpha value is -1.40. The first-order valence-electron chi connectivity index (χ1n) is 8.57. The number of nitrogens with zero attached hydrogens (tertiary/aromatic N) is 3. The zero-order valence-corrected chi connectivity index (χ0v) is 15.0. The molecule has 2 rings (SSSR count). The van der Waals surface area contributed by atoms with Crippen molar-refractivity contribution in [1.29, 1.82) is 0 Å². The lowest BCUT2D eigenvalue weighted by Gasteiger charge is -2.36. The van der Waals surface area contributed by atoms with E-state index >= 15 is 0 Å². The molecule has 0 aromatic carbocycles. The average Bonchev–Trinajstić information content (AvgIpc) is 2.84. The molecule has 2 N–H and O–H groups in total. The molecule has 6 nitrogen and oxygen atoms in total. The molecule has 0 radical (unpaired) electrons. The quantitative estimate of drug-likeness (QED) is 0.825. The SMILES string of the molecule is CNC(C(=O)NC(C)CN1CC(C)CC(C)C1)c1cnn(C)c1. The van der Waals surface area contributed by atoms with E-state index in [0.29, 0.717) is 0 Å². The van der Waals surface area contributed by atoms with Crippen LogP contribution in [0, 0.1) is 11.8 Å². The van der Waals surface area contributed by atoms with Gasteiger partial charge >= 0.3 is 0 Å². The second kappa shape index (κ2) is 7.93. The average molecular weight is 321 g/mol. The molecule has 1 aromatic heterocycles. The number of nitrogens with one attached hydrogen (secondary N) is 2. The van der Waals surface area contributed by atoms with E-state index in [0.717, 1.165) is 37.0 Å². The van der Waals surface area contributed by atoms with Crippen LogP contribution in [-0.4, -0.2) is 53.3 Å². The van der Waals surface area contributed by atoms with Crippen LogP contribution < -0.4 is 10.6 Å². The first kappa shape index (κ1) is 17.9. The Morgan fingerprint density at radius 3 is 2.57 bits per heavy atom. The van der Waals surface area contributed by atoms with Gasteiger partial charge in [-0.15, -0.1) is 0 Å². The van der Waals surface area contributed by atoms with Gasteiger partial charge in [-0.1, -0.05) is 13.8 Å². The number of likely N-dealkylation sites (N-methyl/N-ethyl adjacent to an activating group) is 1. The zero-order valence-electron chi connectivity index (χ0n) is 15.0. The summed E-state index contributed by atoms with van der Waals surface area (Å²) in [6, 6.07) is -0.224. The minimum Gasteiger partial charge on any atom is -0.351 e. The first-order chi connectivity index (χ1) is 10.9. The maximum absolute atomic E-state index is 12.5. The Bertz CT molecular complexity index is 505. The third-order valence-electron chi connectivity index (χ3n) is 4.47. The minimum atomic E-state index is -0.356. The summed E-state index contributed by atoms with van der Waals surface area (Å²) in [6.07, 6.45) is 4.92. The third-order valence-corrected chi connectivity index (χ3v) is 4.47. The summed E-state index contributed by atoms with van der Waals surface area (Å²) < 4.78 is 1.72. The lowest BCUT2D eigenvalue weighted by molar-refractivity contribution is -0.123. The van der Waals surface area contributed by atoms with Crippen molar-refractivity contribution >= 4 is 5.91 Å². The van der Waals surface area contributed by atoms with E-state index in [2.05, 4.69) is 41.4 Å². The Labute approximate surface area is 139 Å². The van der Waals surface area contributed by atoms with Gasteiger partial charge in [-0.25, -0.2) is 0 Å².